The van der Waals surface area contributed by atoms with Crippen molar-refractivity contribution in [1.82, 2.24) is 10.2 Å². The Morgan fingerprint density at radius 1 is 1.00 bits per heavy atom. The van der Waals surface area contributed by atoms with Crippen molar-refractivity contribution in [2.75, 3.05) is 41.0 Å². The maximum absolute atomic E-state index is 12.3. The first-order valence-corrected chi connectivity index (χ1v) is 9.99. The smallest absolute Gasteiger partial charge is 0.221 e. The summed E-state index contributed by atoms with van der Waals surface area (Å²) in [7, 11) is 4.98. The summed E-state index contributed by atoms with van der Waals surface area (Å²) >= 11 is 0. The highest BCUT2D eigenvalue weighted by Crippen LogP contribution is 2.33. The summed E-state index contributed by atoms with van der Waals surface area (Å²) in [5.41, 5.74) is 3.64. The van der Waals surface area contributed by atoms with Crippen LogP contribution in [-0.4, -0.2) is 51.8 Å². The summed E-state index contributed by atoms with van der Waals surface area (Å²) in [6.07, 6.45) is 2.20. The molecular formula is C23H30N2O4. The van der Waals surface area contributed by atoms with E-state index < -0.39 is 0 Å². The molecule has 0 saturated heterocycles. The van der Waals surface area contributed by atoms with E-state index in [-0.39, 0.29) is 5.91 Å². The van der Waals surface area contributed by atoms with Gasteiger partial charge in [-0.3, -0.25) is 9.69 Å². The number of nitrogens with one attached hydrogen (secondary N) is 1. The van der Waals surface area contributed by atoms with E-state index in [9.17, 15) is 4.79 Å². The second kappa shape index (κ2) is 10.2. The minimum Gasteiger partial charge on any atom is -0.496 e. The zero-order valence-electron chi connectivity index (χ0n) is 17.5. The van der Waals surface area contributed by atoms with Crippen LogP contribution in [0.4, 0.5) is 0 Å². The highest BCUT2D eigenvalue weighted by atomic mass is 16.5. The second-order valence-electron chi connectivity index (χ2n) is 7.16. The van der Waals surface area contributed by atoms with Crippen molar-refractivity contribution in [2.24, 2.45) is 0 Å². The number of ether oxygens (including phenoxy) is 3. The van der Waals surface area contributed by atoms with Crippen LogP contribution in [0.5, 0.6) is 17.2 Å². The van der Waals surface area contributed by atoms with E-state index >= 15 is 0 Å². The van der Waals surface area contributed by atoms with Crippen LogP contribution >= 0.6 is 0 Å². The molecule has 1 N–H and O–H groups in total. The molecule has 3 rings (SSSR count). The van der Waals surface area contributed by atoms with Gasteiger partial charge in [0, 0.05) is 32.6 Å². The van der Waals surface area contributed by atoms with Crippen molar-refractivity contribution >= 4 is 5.91 Å². The van der Waals surface area contributed by atoms with Crippen LogP contribution in [0.1, 0.15) is 23.1 Å². The van der Waals surface area contributed by atoms with Gasteiger partial charge in [-0.05, 0) is 47.7 Å². The number of methoxy groups -OCH3 is 3. The standard InChI is InChI=1S/C23H30N2O4/c1-27-20-7-5-4-6-17(20)8-11-24-23(26)10-13-25-12-9-18-14-21(28-2)22(29-3)15-19(18)16-25/h4-7,14-15H,8-13,16H2,1-3H3,(H,24,26). The number of amides is 1. The molecule has 0 saturated carbocycles. The molecule has 2 aromatic rings. The lowest BCUT2D eigenvalue weighted by molar-refractivity contribution is -0.121. The van der Waals surface area contributed by atoms with E-state index in [0.29, 0.717) is 13.0 Å². The molecule has 0 spiro atoms. The van der Waals surface area contributed by atoms with Crippen LogP contribution in [0.2, 0.25) is 0 Å². The SMILES string of the molecule is COc1ccccc1CCNC(=O)CCN1CCc2cc(OC)c(OC)cc2C1. The first-order valence-electron chi connectivity index (χ1n) is 9.99. The van der Waals surface area contributed by atoms with Gasteiger partial charge in [-0.15, -0.1) is 0 Å². The van der Waals surface area contributed by atoms with Gasteiger partial charge in [0.1, 0.15) is 5.75 Å². The molecule has 1 aliphatic rings. The lowest BCUT2D eigenvalue weighted by Crippen LogP contribution is -2.35. The summed E-state index contributed by atoms with van der Waals surface area (Å²) in [5.74, 6) is 2.47. The lowest BCUT2D eigenvalue weighted by atomic mass is 9.98. The van der Waals surface area contributed by atoms with E-state index in [1.165, 1.54) is 11.1 Å². The maximum Gasteiger partial charge on any atom is 0.221 e. The number of carbonyl (C=O) groups excluding carboxylic acids is 1. The van der Waals surface area contributed by atoms with Crippen molar-refractivity contribution < 1.29 is 19.0 Å². The molecule has 0 atom stereocenters. The van der Waals surface area contributed by atoms with Gasteiger partial charge in [-0.25, -0.2) is 0 Å². The second-order valence-corrected chi connectivity index (χ2v) is 7.16. The minimum absolute atomic E-state index is 0.0815. The van der Waals surface area contributed by atoms with Gasteiger partial charge in [-0.2, -0.15) is 0 Å². The molecule has 2 aromatic carbocycles. The molecular weight excluding hydrogens is 368 g/mol. The fourth-order valence-electron chi connectivity index (χ4n) is 3.73. The van der Waals surface area contributed by atoms with Gasteiger partial charge < -0.3 is 19.5 Å². The summed E-state index contributed by atoms with van der Waals surface area (Å²) < 4.78 is 16.2. The summed E-state index contributed by atoms with van der Waals surface area (Å²) in [5, 5.41) is 3.02. The van der Waals surface area contributed by atoms with Crippen LogP contribution in [0.3, 0.4) is 0 Å². The number of fused-ring (bicyclic) bond motifs is 1. The number of carbonyl (C=O) groups is 1. The highest BCUT2D eigenvalue weighted by Gasteiger charge is 2.19. The molecule has 6 heteroatoms. The Hall–Kier alpha value is -2.73. The monoisotopic (exact) mass is 398 g/mol. The molecule has 0 fully saturated rings. The molecule has 1 amide bonds. The van der Waals surface area contributed by atoms with E-state index in [4.69, 9.17) is 14.2 Å². The summed E-state index contributed by atoms with van der Waals surface area (Å²) in [6.45, 7) is 3.12. The third kappa shape index (κ3) is 5.41. The molecule has 29 heavy (non-hydrogen) atoms. The van der Waals surface area contributed by atoms with Crippen molar-refractivity contribution in [3.05, 3.63) is 53.1 Å². The van der Waals surface area contributed by atoms with E-state index in [1.807, 2.05) is 30.3 Å². The summed E-state index contributed by atoms with van der Waals surface area (Å²) in [4.78, 5) is 14.6. The van der Waals surface area contributed by atoms with E-state index in [2.05, 4.69) is 16.3 Å². The predicted molar refractivity (Wildman–Crippen MR) is 113 cm³/mol. The molecule has 0 aromatic heterocycles. The van der Waals surface area contributed by atoms with Crippen molar-refractivity contribution in [2.45, 2.75) is 25.8 Å². The van der Waals surface area contributed by atoms with Crippen molar-refractivity contribution in [1.29, 1.82) is 0 Å². The van der Waals surface area contributed by atoms with Crippen LogP contribution in [-0.2, 0) is 24.2 Å². The molecule has 156 valence electrons. The maximum atomic E-state index is 12.3. The van der Waals surface area contributed by atoms with Gasteiger partial charge in [0.15, 0.2) is 11.5 Å². The minimum atomic E-state index is 0.0815. The number of benzene rings is 2. The van der Waals surface area contributed by atoms with E-state index in [1.54, 1.807) is 21.3 Å². The average molecular weight is 399 g/mol. The molecule has 0 aliphatic carbocycles. The number of hydrogen-bond donors (Lipinski definition) is 1. The fourth-order valence-corrected chi connectivity index (χ4v) is 3.73. The quantitative estimate of drug-likeness (QED) is 0.704. The fraction of sp³-hybridized carbons (Fsp3) is 0.435. The number of para-hydroxylation sites is 1. The van der Waals surface area contributed by atoms with Crippen LogP contribution in [0.25, 0.3) is 0 Å². The third-order valence-electron chi connectivity index (χ3n) is 5.36. The van der Waals surface area contributed by atoms with Crippen LogP contribution < -0.4 is 19.5 Å². The third-order valence-corrected chi connectivity index (χ3v) is 5.36. The Labute approximate surface area is 172 Å². The van der Waals surface area contributed by atoms with Crippen molar-refractivity contribution in [3.8, 4) is 17.2 Å². The van der Waals surface area contributed by atoms with Gasteiger partial charge in [0.2, 0.25) is 5.91 Å². The molecule has 1 heterocycles. The molecule has 0 unspecified atom stereocenters. The van der Waals surface area contributed by atoms with Gasteiger partial charge in [-0.1, -0.05) is 18.2 Å². The molecule has 0 bridgehead atoms. The number of rotatable bonds is 9. The van der Waals surface area contributed by atoms with Crippen molar-refractivity contribution in [3.63, 3.8) is 0 Å². The first-order chi connectivity index (χ1) is 14.1. The zero-order chi connectivity index (χ0) is 20.6. The molecule has 6 nitrogen and oxygen atoms in total. The van der Waals surface area contributed by atoms with Gasteiger partial charge >= 0.3 is 0 Å². The Morgan fingerprint density at radius 2 is 1.69 bits per heavy atom. The number of nitrogens with zero attached hydrogens (tertiary/aromatic N) is 1. The Kier molecular flexibility index (Phi) is 7.36. The Bertz CT molecular complexity index is 838. The topological polar surface area (TPSA) is 60.0 Å². The van der Waals surface area contributed by atoms with Gasteiger partial charge in [0.05, 0.1) is 21.3 Å². The van der Waals surface area contributed by atoms with Gasteiger partial charge in [0.25, 0.3) is 0 Å². The largest absolute Gasteiger partial charge is 0.496 e. The van der Waals surface area contributed by atoms with E-state index in [0.717, 1.165) is 55.3 Å². The molecule has 1 aliphatic heterocycles. The average Bonchev–Trinajstić information content (AvgIpc) is 2.76. The normalized spacial score (nSPS) is 13.5. The highest BCUT2D eigenvalue weighted by molar-refractivity contribution is 5.76. The first kappa shape index (κ1) is 21.0. The number of hydrogen-bond acceptors (Lipinski definition) is 5. The predicted octanol–water partition coefficient (Wildman–Crippen LogP) is 2.82. The Morgan fingerprint density at radius 3 is 2.41 bits per heavy atom. The van der Waals surface area contributed by atoms with Crippen LogP contribution in [0, 0.1) is 0 Å². The molecule has 0 radical (unpaired) electrons. The van der Waals surface area contributed by atoms with Crippen LogP contribution in [0.15, 0.2) is 36.4 Å². The Balaban J connectivity index is 1.45. The summed E-state index contributed by atoms with van der Waals surface area (Å²) in [6, 6.07) is 12.0. The zero-order valence-corrected chi connectivity index (χ0v) is 17.5. The lowest BCUT2D eigenvalue weighted by Gasteiger charge is -2.29.